The van der Waals surface area contributed by atoms with E-state index in [0.717, 1.165) is 28.8 Å². The normalized spacial score (nSPS) is 24.9. The van der Waals surface area contributed by atoms with Crippen molar-refractivity contribution in [2.75, 3.05) is 19.6 Å². The Morgan fingerprint density at radius 3 is 2.62 bits per heavy atom. The van der Waals surface area contributed by atoms with Crippen LogP contribution in [0.4, 0.5) is 0 Å². The van der Waals surface area contributed by atoms with Crippen molar-refractivity contribution in [1.29, 1.82) is 0 Å². The molecule has 0 spiro atoms. The maximum absolute atomic E-state index is 13.1. The van der Waals surface area contributed by atoms with Gasteiger partial charge in [0.15, 0.2) is 0 Å². The van der Waals surface area contributed by atoms with Crippen LogP contribution in [0.1, 0.15) is 60.2 Å². The number of piperidine rings is 1. The van der Waals surface area contributed by atoms with E-state index >= 15 is 0 Å². The van der Waals surface area contributed by atoms with Crippen LogP contribution >= 0.6 is 15.9 Å². The van der Waals surface area contributed by atoms with Gasteiger partial charge in [0, 0.05) is 29.2 Å². The zero-order valence-corrected chi connectivity index (χ0v) is 23.6. The standard InChI is InChI=1S/C33H37BrN2O/c1-22-31-20-26-13-14-27(19-29(26)33(22,2)16-18-36(31)21-24-7-8-24)32(37)35-17-15-23-9-11-25(12-10-23)28-5-3-4-6-30(28)34/h3-6,9-14,19,22,24,31H,7-8,15-18,20-21H2,1-2H3,(H,35,37)/t22-,31?,33-/m0/s1. The first-order valence-electron chi connectivity index (χ1n) is 13.9. The molecule has 4 heteroatoms. The number of hydrogen-bond acceptors (Lipinski definition) is 2. The molecule has 37 heavy (non-hydrogen) atoms. The highest BCUT2D eigenvalue weighted by molar-refractivity contribution is 9.10. The Balaban J connectivity index is 1.10. The fourth-order valence-corrected chi connectivity index (χ4v) is 7.19. The van der Waals surface area contributed by atoms with Gasteiger partial charge >= 0.3 is 0 Å². The van der Waals surface area contributed by atoms with Crippen LogP contribution in [-0.4, -0.2) is 36.5 Å². The summed E-state index contributed by atoms with van der Waals surface area (Å²) in [5.41, 5.74) is 7.44. The topological polar surface area (TPSA) is 32.3 Å². The lowest BCUT2D eigenvalue weighted by atomic mass is 9.59. The van der Waals surface area contributed by atoms with Crippen molar-refractivity contribution in [2.45, 2.75) is 57.4 Å². The summed E-state index contributed by atoms with van der Waals surface area (Å²) in [7, 11) is 0. The number of fused-ring (bicyclic) bond motifs is 4. The lowest BCUT2D eigenvalue weighted by Crippen LogP contribution is -2.58. The number of nitrogens with zero attached hydrogens (tertiary/aromatic N) is 1. The predicted molar refractivity (Wildman–Crippen MR) is 155 cm³/mol. The second-order valence-electron chi connectivity index (χ2n) is 11.7. The molecule has 3 aliphatic rings. The van der Waals surface area contributed by atoms with Gasteiger partial charge in [0.05, 0.1) is 0 Å². The van der Waals surface area contributed by atoms with Crippen molar-refractivity contribution in [3.8, 4) is 11.1 Å². The molecule has 3 atom stereocenters. The minimum absolute atomic E-state index is 0.0391. The van der Waals surface area contributed by atoms with E-state index in [1.54, 1.807) is 0 Å². The van der Waals surface area contributed by atoms with E-state index in [-0.39, 0.29) is 11.3 Å². The molecule has 1 saturated heterocycles. The van der Waals surface area contributed by atoms with Gasteiger partial charge in [-0.15, -0.1) is 0 Å². The molecule has 6 rings (SSSR count). The largest absolute Gasteiger partial charge is 0.352 e. The molecule has 1 heterocycles. The van der Waals surface area contributed by atoms with Crippen molar-refractivity contribution < 1.29 is 4.79 Å². The average Bonchev–Trinajstić information content (AvgIpc) is 3.73. The number of amides is 1. The molecular formula is C33H37BrN2O. The first-order valence-corrected chi connectivity index (χ1v) is 14.7. The van der Waals surface area contributed by atoms with E-state index in [1.165, 1.54) is 60.2 Å². The highest BCUT2D eigenvalue weighted by Crippen LogP contribution is 2.49. The second kappa shape index (κ2) is 10.0. The minimum Gasteiger partial charge on any atom is -0.352 e. The van der Waals surface area contributed by atoms with Crippen molar-refractivity contribution in [3.63, 3.8) is 0 Å². The van der Waals surface area contributed by atoms with Gasteiger partial charge in [-0.2, -0.15) is 0 Å². The molecule has 2 bridgehead atoms. The first kappa shape index (κ1) is 24.9. The van der Waals surface area contributed by atoms with E-state index in [1.807, 2.05) is 12.1 Å². The zero-order valence-electron chi connectivity index (χ0n) is 22.0. The molecular weight excluding hydrogens is 520 g/mol. The molecule has 3 nitrogen and oxygen atoms in total. The van der Waals surface area contributed by atoms with Gasteiger partial charge in [-0.1, -0.05) is 78.3 Å². The second-order valence-corrected chi connectivity index (χ2v) is 12.6. The quantitative estimate of drug-likeness (QED) is 0.339. The smallest absolute Gasteiger partial charge is 0.251 e. The lowest BCUT2D eigenvalue weighted by molar-refractivity contribution is 0.0284. The van der Waals surface area contributed by atoms with Crippen molar-refractivity contribution in [1.82, 2.24) is 10.2 Å². The fraction of sp³-hybridized carbons (Fsp3) is 0.424. The molecule has 1 N–H and O–H groups in total. The summed E-state index contributed by atoms with van der Waals surface area (Å²) in [4.78, 5) is 15.9. The number of hydrogen-bond donors (Lipinski definition) is 1. The molecule has 1 saturated carbocycles. The third kappa shape index (κ3) is 4.91. The molecule has 0 aromatic heterocycles. The average molecular weight is 558 g/mol. The van der Waals surface area contributed by atoms with Crippen LogP contribution in [0.5, 0.6) is 0 Å². The van der Waals surface area contributed by atoms with Crippen LogP contribution < -0.4 is 5.32 Å². The Hall–Kier alpha value is -2.43. The van der Waals surface area contributed by atoms with Crippen LogP contribution in [0.3, 0.4) is 0 Å². The lowest BCUT2D eigenvalue weighted by Gasteiger charge is -2.55. The molecule has 1 aliphatic heterocycles. The summed E-state index contributed by atoms with van der Waals surface area (Å²) >= 11 is 3.64. The number of nitrogens with one attached hydrogen (secondary N) is 1. The third-order valence-corrected chi connectivity index (χ3v) is 10.1. The SMILES string of the molecule is C[C@H]1C2Cc3ccc(C(=O)NCCc4ccc(-c5ccccc5Br)cc4)cc3[C@@]1(C)CCN2CC1CC1. The van der Waals surface area contributed by atoms with E-state index in [9.17, 15) is 4.79 Å². The maximum Gasteiger partial charge on any atom is 0.251 e. The molecule has 192 valence electrons. The van der Waals surface area contributed by atoms with E-state index in [2.05, 4.69) is 94.6 Å². The van der Waals surface area contributed by atoms with Crippen LogP contribution in [-0.2, 0) is 18.3 Å². The van der Waals surface area contributed by atoms with E-state index in [0.29, 0.717) is 18.5 Å². The van der Waals surface area contributed by atoms with Gasteiger partial charge < -0.3 is 5.32 Å². The molecule has 3 aromatic rings. The summed E-state index contributed by atoms with van der Waals surface area (Å²) in [6.45, 7) is 8.00. The number of likely N-dealkylation sites (tertiary alicyclic amines) is 1. The summed E-state index contributed by atoms with van der Waals surface area (Å²) < 4.78 is 1.10. The summed E-state index contributed by atoms with van der Waals surface area (Å²) in [5, 5.41) is 3.17. The number of benzene rings is 3. The Morgan fingerprint density at radius 1 is 1.08 bits per heavy atom. The molecule has 2 fully saturated rings. The van der Waals surface area contributed by atoms with Gasteiger partial charge in [-0.3, -0.25) is 9.69 Å². The molecule has 0 radical (unpaired) electrons. The fourth-order valence-electron chi connectivity index (χ4n) is 6.68. The van der Waals surface area contributed by atoms with Crippen LogP contribution in [0.2, 0.25) is 0 Å². The molecule has 1 unspecified atom stereocenters. The summed E-state index contributed by atoms with van der Waals surface area (Å²) in [6, 6.07) is 24.0. The minimum atomic E-state index is 0.0391. The van der Waals surface area contributed by atoms with Crippen LogP contribution in [0.15, 0.2) is 71.2 Å². The summed E-state index contributed by atoms with van der Waals surface area (Å²) in [6.07, 6.45) is 5.96. The monoisotopic (exact) mass is 556 g/mol. The Kier molecular flexibility index (Phi) is 6.75. The first-order chi connectivity index (χ1) is 17.9. The number of carbonyl (C=O) groups is 1. The maximum atomic E-state index is 13.1. The highest BCUT2D eigenvalue weighted by Gasteiger charge is 2.49. The van der Waals surface area contributed by atoms with Crippen molar-refractivity contribution >= 4 is 21.8 Å². The van der Waals surface area contributed by atoms with Crippen molar-refractivity contribution in [3.05, 3.63) is 93.5 Å². The zero-order chi connectivity index (χ0) is 25.6. The molecule has 3 aromatic carbocycles. The summed E-state index contributed by atoms with van der Waals surface area (Å²) in [5.74, 6) is 1.59. The molecule has 2 aliphatic carbocycles. The number of carbonyl (C=O) groups excluding carboxylic acids is 1. The van der Waals surface area contributed by atoms with E-state index in [4.69, 9.17) is 0 Å². The van der Waals surface area contributed by atoms with Gasteiger partial charge in [-0.05, 0) is 102 Å². The Bertz CT molecular complexity index is 1300. The highest BCUT2D eigenvalue weighted by atomic mass is 79.9. The Morgan fingerprint density at radius 2 is 1.86 bits per heavy atom. The third-order valence-electron chi connectivity index (χ3n) is 9.41. The Labute approximate surface area is 229 Å². The van der Waals surface area contributed by atoms with Crippen LogP contribution in [0, 0.1) is 11.8 Å². The van der Waals surface area contributed by atoms with Gasteiger partial charge in [0.2, 0.25) is 0 Å². The predicted octanol–water partition coefficient (Wildman–Crippen LogP) is 7.02. The molecule has 1 amide bonds. The van der Waals surface area contributed by atoms with E-state index < -0.39 is 0 Å². The number of halogens is 1. The van der Waals surface area contributed by atoms with Gasteiger partial charge in [0.25, 0.3) is 5.91 Å². The van der Waals surface area contributed by atoms with Crippen molar-refractivity contribution in [2.24, 2.45) is 11.8 Å². The number of rotatable bonds is 7. The van der Waals surface area contributed by atoms with Gasteiger partial charge in [0.1, 0.15) is 0 Å². The van der Waals surface area contributed by atoms with Crippen LogP contribution in [0.25, 0.3) is 11.1 Å². The van der Waals surface area contributed by atoms with Gasteiger partial charge in [-0.25, -0.2) is 0 Å².